The van der Waals surface area contributed by atoms with Crippen molar-refractivity contribution in [2.45, 2.75) is 303 Å². The normalized spacial score (nSPS) is 11.9. The second-order valence-electron chi connectivity index (χ2n) is 17.6. The van der Waals surface area contributed by atoms with E-state index in [2.05, 4.69) is 13.8 Å². The average Bonchev–Trinajstić information content (AvgIpc) is 3.13. The van der Waals surface area contributed by atoms with Crippen LogP contribution in [0.1, 0.15) is 303 Å². The van der Waals surface area contributed by atoms with E-state index in [0.717, 1.165) is 12.3 Å². The first-order chi connectivity index (χ1) is 25.3. The summed E-state index contributed by atoms with van der Waals surface area (Å²) in [7, 11) is 0. The Morgan fingerprint density at radius 1 is 0.255 bits per heavy atom. The van der Waals surface area contributed by atoms with Gasteiger partial charge >= 0.3 is 0 Å². The molecule has 306 valence electrons. The van der Waals surface area contributed by atoms with Crippen LogP contribution in [-0.4, -0.2) is 5.11 Å². The molecule has 51 heavy (non-hydrogen) atoms. The summed E-state index contributed by atoms with van der Waals surface area (Å²) >= 11 is 0. The van der Waals surface area contributed by atoms with Crippen LogP contribution in [-0.2, 0) is 0 Å². The van der Waals surface area contributed by atoms with Crippen molar-refractivity contribution in [3.05, 3.63) is 12.3 Å². The number of hydrogen-bond donors (Lipinski definition) is 1. The maximum atomic E-state index is 8.63. The van der Waals surface area contributed by atoms with E-state index < -0.39 is 0 Å². The first kappa shape index (κ1) is 50.5. The van der Waals surface area contributed by atoms with Gasteiger partial charge in [-0.15, -0.1) is 0 Å². The summed E-state index contributed by atoms with van der Waals surface area (Å²) in [5.74, 6) is 0.894. The molecule has 0 aromatic rings. The summed E-state index contributed by atoms with van der Waals surface area (Å²) < 4.78 is 0. The van der Waals surface area contributed by atoms with Gasteiger partial charge in [0.1, 0.15) is 0 Å². The summed E-state index contributed by atoms with van der Waals surface area (Å²) in [4.78, 5) is 0. The summed E-state index contributed by atoms with van der Waals surface area (Å²) in [6.07, 6.45) is 68.6. The van der Waals surface area contributed by atoms with Crippen LogP contribution in [0.2, 0.25) is 0 Å². The molecule has 0 saturated carbocycles. The Morgan fingerprint density at radius 3 is 0.569 bits per heavy atom. The van der Waals surface area contributed by atoms with Gasteiger partial charge in [0, 0.05) is 0 Å². The molecular formula is C50H100O. The minimum Gasteiger partial charge on any atom is -0.516 e. The second-order valence-corrected chi connectivity index (χ2v) is 17.6. The highest BCUT2D eigenvalue weighted by atomic mass is 16.2. The molecule has 0 amide bonds. The van der Waals surface area contributed by atoms with Gasteiger partial charge in [-0.1, -0.05) is 296 Å². The van der Waals surface area contributed by atoms with Crippen LogP contribution in [0.4, 0.5) is 0 Å². The average molecular weight is 717 g/mol. The fraction of sp³-hybridized carbons (Fsp3) is 0.960. The van der Waals surface area contributed by atoms with E-state index in [1.165, 1.54) is 289 Å². The molecule has 1 nitrogen and oxygen atoms in total. The molecule has 0 aromatic heterocycles. The zero-order chi connectivity index (χ0) is 36.8. The Bertz CT molecular complexity index is 608. The lowest BCUT2D eigenvalue weighted by Gasteiger charge is -2.05. The van der Waals surface area contributed by atoms with Gasteiger partial charge in [-0.05, 0) is 18.8 Å². The first-order valence-corrected chi connectivity index (χ1v) is 24.6. The SMILES string of the molecule is CC(C)CCCCCCCCCCCCCCCCCCCCCCCCCCCCCCCCCCCCCCCCCCCCCC=CO. The number of aliphatic hydroxyl groups excluding tert-OH is 1. The zero-order valence-electron chi connectivity index (χ0n) is 36.0. The molecule has 0 atom stereocenters. The maximum Gasteiger partial charge on any atom is 0.0751 e. The summed E-state index contributed by atoms with van der Waals surface area (Å²) in [6.45, 7) is 4.70. The molecular weight excluding hydrogens is 617 g/mol. The van der Waals surface area contributed by atoms with Crippen LogP contribution < -0.4 is 0 Å². The van der Waals surface area contributed by atoms with Crippen molar-refractivity contribution in [1.82, 2.24) is 0 Å². The molecule has 0 radical (unpaired) electrons. The highest BCUT2D eigenvalue weighted by Gasteiger charge is 1.99. The van der Waals surface area contributed by atoms with Gasteiger partial charge in [0.15, 0.2) is 0 Å². The molecule has 0 aliphatic carbocycles. The summed E-state index contributed by atoms with van der Waals surface area (Å²) in [6, 6.07) is 0. The Kier molecular flexibility index (Phi) is 47.1. The van der Waals surface area contributed by atoms with E-state index in [0.29, 0.717) is 0 Å². The second kappa shape index (κ2) is 47.6. The minimum atomic E-state index is 0.894. The van der Waals surface area contributed by atoms with Crippen LogP contribution in [0.5, 0.6) is 0 Å². The van der Waals surface area contributed by atoms with Crippen LogP contribution >= 0.6 is 0 Å². The van der Waals surface area contributed by atoms with Gasteiger partial charge in [0.2, 0.25) is 0 Å². The first-order valence-electron chi connectivity index (χ1n) is 24.6. The van der Waals surface area contributed by atoms with E-state index >= 15 is 0 Å². The zero-order valence-corrected chi connectivity index (χ0v) is 36.0. The molecule has 0 heterocycles. The molecule has 0 aliphatic heterocycles. The molecule has 0 bridgehead atoms. The Labute approximate surface area is 325 Å². The van der Waals surface area contributed by atoms with Crippen molar-refractivity contribution in [2.75, 3.05) is 0 Å². The lowest BCUT2D eigenvalue weighted by molar-refractivity contribution is 0.469. The smallest absolute Gasteiger partial charge is 0.0751 e. The number of rotatable bonds is 46. The van der Waals surface area contributed by atoms with Crippen molar-refractivity contribution in [3.8, 4) is 0 Å². The number of aliphatic hydroxyl groups is 1. The van der Waals surface area contributed by atoms with Crippen LogP contribution in [0.25, 0.3) is 0 Å². The molecule has 1 N–H and O–H groups in total. The van der Waals surface area contributed by atoms with E-state index in [1.54, 1.807) is 0 Å². The Morgan fingerprint density at radius 2 is 0.412 bits per heavy atom. The molecule has 0 fully saturated rings. The minimum absolute atomic E-state index is 0.894. The number of allylic oxidation sites excluding steroid dienone is 1. The van der Waals surface area contributed by atoms with Gasteiger partial charge in [0.05, 0.1) is 6.26 Å². The topological polar surface area (TPSA) is 20.2 Å². The van der Waals surface area contributed by atoms with Crippen LogP contribution in [0.3, 0.4) is 0 Å². The largest absolute Gasteiger partial charge is 0.516 e. The molecule has 1 heteroatoms. The van der Waals surface area contributed by atoms with Crippen LogP contribution in [0, 0.1) is 5.92 Å². The van der Waals surface area contributed by atoms with Gasteiger partial charge in [-0.2, -0.15) is 0 Å². The molecule has 0 aliphatic rings. The lowest BCUT2D eigenvalue weighted by atomic mass is 10.0. The van der Waals surface area contributed by atoms with Crippen LogP contribution in [0.15, 0.2) is 12.3 Å². The molecule has 0 aromatic carbocycles. The maximum absolute atomic E-state index is 8.63. The van der Waals surface area contributed by atoms with E-state index in [1.807, 2.05) is 6.08 Å². The van der Waals surface area contributed by atoms with Crippen molar-refractivity contribution < 1.29 is 5.11 Å². The molecule has 0 spiro atoms. The third-order valence-electron chi connectivity index (χ3n) is 11.8. The predicted molar refractivity (Wildman–Crippen MR) is 234 cm³/mol. The molecule has 0 rings (SSSR count). The fourth-order valence-electron chi connectivity index (χ4n) is 8.14. The van der Waals surface area contributed by atoms with Crippen molar-refractivity contribution in [3.63, 3.8) is 0 Å². The number of unbranched alkanes of at least 4 members (excludes halogenated alkanes) is 43. The van der Waals surface area contributed by atoms with Crippen molar-refractivity contribution >= 4 is 0 Å². The van der Waals surface area contributed by atoms with E-state index in [9.17, 15) is 0 Å². The third-order valence-corrected chi connectivity index (χ3v) is 11.8. The van der Waals surface area contributed by atoms with E-state index in [4.69, 9.17) is 5.11 Å². The number of hydrogen-bond acceptors (Lipinski definition) is 1. The predicted octanol–water partition coefficient (Wildman–Crippen LogP) is 19.3. The highest BCUT2D eigenvalue weighted by molar-refractivity contribution is 4.70. The molecule has 0 saturated heterocycles. The standard InChI is InChI=1S/C50H100O/c1-50(2)48-46-44-42-40-38-36-34-32-30-28-26-24-22-20-18-16-14-12-10-8-6-4-3-5-7-9-11-13-15-17-19-21-23-25-27-29-31-33-35-37-39-41-43-45-47-49-51/h47,49-51H,3-46,48H2,1-2H3. The highest BCUT2D eigenvalue weighted by Crippen LogP contribution is 2.18. The van der Waals surface area contributed by atoms with Crippen molar-refractivity contribution in [2.24, 2.45) is 5.92 Å². The summed E-state index contributed by atoms with van der Waals surface area (Å²) in [5.41, 5.74) is 0. The Hall–Kier alpha value is -0.460. The van der Waals surface area contributed by atoms with Gasteiger partial charge < -0.3 is 5.11 Å². The van der Waals surface area contributed by atoms with Crippen molar-refractivity contribution in [1.29, 1.82) is 0 Å². The van der Waals surface area contributed by atoms with Gasteiger partial charge in [-0.25, -0.2) is 0 Å². The quantitative estimate of drug-likeness (QED) is 0.0491. The lowest BCUT2D eigenvalue weighted by Crippen LogP contribution is -1.87. The van der Waals surface area contributed by atoms with Gasteiger partial charge in [-0.3, -0.25) is 0 Å². The van der Waals surface area contributed by atoms with Gasteiger partial charge in [0.25, 0.3) is 0 Å². The fourth-order valence-corrected chi connectivity index (χ4v) is 8.14. The summed E-state index contributed by atoms with van der Waals surface area (Å²) in [5, 5.41) is 8.63. The third kappa shape index (κ3) is 49.5. The Balaban J connectivity index is 3.05. The van der Waals surface area contributed by atoms with E-state index in [-0.39, 0.29) is 0 Å². The monoisotopic (exact) mass is 717 g/mol. The molecule has 0 unspecified atom stereocenters.